The molecule has 3 aromatic carbocycles. The van der Waals surface area contributed by atoms with Crippen LogP contribution in [0.15, 0.2) is 91.4 Å². The lowest BCUT2D eigenvalue weighted by molar-refractivity contribution is 0.0696. The van der Waals surface area contributed by atoms with Crippen molar-refractivity contribution < 1.29 is 61.1 Å². The molecule has 0 fully saturated rings. The molecular weight excluding hydrogens is 1350 g/mol. The predicted octanol–water partition coefficient (Wildman–Crippen LogP) is 4.47. The fourth-order valence-electron chi connectivity index (χ4n) is 8.88. The second kappa shape index (κ2) is 36.5. The van der Waals surface area contributed by atoms with Gasteiger partial charge in [0.25, 0.3) is 11.8 Å². The molecule has 0 aliphatic heterocycles. The van der Waals surface area contributed by atoms with Crippen molar-refractivity contribution in [2.24, 2.45) is 5.73 Å². The molecule has 0 radical (unpaired) electrons. The number of carbonyl (C=O) groups excluding carboxylic acids is 2. The van der Waals surface area contributed by atoms with E-state index < -0.39 is 40.8 Å². The second-order valence-electron chi connectivity index (χ2n) is 21.0. The molecule has 6 aromatic heterocycles. The Balaban J connectivity index is 0.000000220. The first kappa shape index (κ1) is 77.9. The van der Waals surface area contributed by atoms with Crippen molar-refractivity contribution in [2.45, 2.75) is 47.3 Å². The molecular formula is C59H81N24O13P3. The largest absolute Gasteiger partial charge is 0.478 e. The maximum Gasteiger partial charge on any atom is 0.335 e. The number of anilines is 9. The Labute approximate surface area is 568 Å². The minimum Gasteiger partial charge on any atom is -0.478 e. The summed E-state index contributed by atoms with van der Waals surface area (Å²) in [5.74, 6) is -0.998. The Kier molecular flexibility index (Phi) is 28.7. The van der Waals surface area contributed by atoms with Gasteiger partial charge in [-0.3, -0.25) is 23.3 Å². The van der Waals surface area contributed by atoms with Gasteiger partial charge in [0.1, 0.15) is 0 Å². The normalized spacial score (nSPS) is 11.3. The van der Waals surface area contributed by atoms with Gasteiger partial charge in [0.2, 0.25) is 17.8 Å². The molecule has 99 heavy (non-hydrogen) atoms. The summed E-state index contributed by atoms with van der Waals surface area (Å²) in [5, 5.41) is 14.2. The molecule has 9 rings (SSSR count). The Morgan fingerprint density at radius 2 is 0.737 bits per heavy atom. The molecule has 0 aliphatic carbocycles. The van der Waals surface area contributed by atoms with Crippen molar-refractivity contribution in [2.75, 3.05) is 135 Å². The molecule has 530 valence electrons. The molecule has 0 saturated carbocycles. The Hall–Kier alpha value is -10.1. The molecule has 0 spiro atoms. The van der Waals surface area contributed by atoms with Gasteiger partial charge >= 0.3 is 28.8 Å². The summed E-state index contributed by atoms with van der Waals surface area (Å²) in [5.41, 5.74) is 47.3. The lowest BCUT2D eigenvalue weighted by atomic mass is 10.2. The number of nitrogens with two attached hydrogens (primary N) is 7. The zero-order valence-corrected chi connectivity index (χ0v) is 58.1. The fraction of sp³-hybridized carbons (Fsp3) is 0.339. The fourth-order valence-corrected chi connectivity index (χ4v) is 12.2. The van der Waals surface area contributed by atoms with Crippen molar-refractivity contribution >= 4 is 126 Å². The van der Waals surface area contributed by atoms with E-state index in [1.165, 1.54) is 0 Å². The van der Waals surface area contributed by atoms with E-state index in [9.17, 15) is 28.1 Å². The number of nitrogen functional groups attached to an aromatic ring is 6. The standard InChI is InChI=1S/C21H29N8O4P.C17H21N8O4P.C15H15N7O2.C6H16NO3P/c1-4-32-34(31,33-5-2)11-10-24-20(30)14-6-8-16(9-7-14)29(3)13-15-12-25-19-17(26-15)18(22)27-21(23)28-19;1-25(9-11-8-21-15-13(22-11)14(18)23-17(19)24-15)12-4-2-10(3-5-12)16(26)20-6-7-30(27,28)29;1-22(10-4-2-8(3-5-10)14(23)24)7-9-6-18-13-11(19-9)12(16)20-15(17)21-13;1-3-9-11(8,6-5-7)10-4-2/h6-9,12H,4-5,10-11,13H2,1-3H3,(H,24,30)(H4,22,23,25,27,28);2-5,8H,6-7,9H2,1H3,(H,20,26)(H2,27,28,29)(H4,18,19,21,23,24);2-6H,7H2,1H3,(H,23,24)(H4,16,17,18,20,21);3-7H2,1-2H3. The van der Waals surface area contributed by atoms with Crippen LogP contribution in [0, 0.1) is 0 Å². The topological polar surface area (TPSA) is 571 Å². The van der Waals surface area contributed by atoms with Crippen LogP contribution in [0.5, 0.6) is 0 Å². The van der Waals surface area contributed by atoms with Crippen LogP contribution in [0.2, 0.25) is 0 Å². The summed E-state index contributed by atoms with van der Waals surface area (Å²) >= 11 is 0. The van der Waals surface area contributed by atoms with Gasteiger partial charge in [0.05, 0.1) is 106 Å². The van der Waals surface area contributed by atoms with E-state index in [2.05, 4.69) is 70.4 Å². The van der Waals surface area contributed by atoms with Gasteiger partial charge in [-0.2, -0.15) is 29.9 Å². The van der Waals surface area contributed by atoms with Crippen molar-refractivity contribution in [3.63, 3.8) is 0 Å². The van der Waals surface area contributed by atoms with Gasteiger partial charge in [-0.1, -0.05) is 0 Å². The number of nitrogens with one attached hydrogen (secondary N) is 2. The number of aromatic carboxylic acids is 1. The molecule has 0 saturated heterocycles. The number of carboxylic acids is 1. The zero-order valence-electron chi connectivity index (χ0n) is 55.4. The summed E-state index contributed by atoms with van der Waals surface area (Å²) in [6.07, 6.45) is 4.78. The second-order valence-corrected chi connectivity index (χ2v) is 27.2. The first-order valence-corrected chi connectivity index (χ1v) is 35.6. The highest BCUT2D eigenvalue weighted by atomic mass is 31.2. The van der Waals surface area contributed by atoms with Gasteiger partial charge < -0.3 is 98.5 Å². The Morgan fingerprint density at radius 3 is 1.02 bits per heavy atom. The summed E-state index contributed by atoms with van der Waals surface area (Å²) in [4.78, 5) is 109. The van der Waals surface area contributed by atoms with Crippen LogP contribution in [-0.4, -0.2) is 178 Å². The molecule has 0 bridgehead atoms. The summed E-state index contributed by atoms with van der Waals surface area (Å²) < 4.78 is 55.2. The number of nitrogens with zero attached hydrogens (tertiary/aromatic N) is 15. The van der Waals surface area contributed by atoms with Crippen LogP contribution in [0.3, 0.4) is 0 Å². The van der Waals surface area contributed by atoms with Crippen molar-refractivity contribution in [3.8, 4) is 0 Å². The Bertz CT molecular complexity index is 4330. The molecule has 0 unspecified atom stereocenters. The highest BCUT2D eigenvalue weighted by Crippen LogP contribution is 2.48. The number of rotatable bonds is 28. The lowest BCUT2D eigenvalue weighted by Gasteiger charge is -2.19. The van der Waals surface area contributed by atoms with E-state index in [0.717, 1.165) is 17.1 Å². The third-order valence-corrected chi connectivity index (χ3v) is 18.5. The number of benzene rings is 3. The highest BCUT2D eigenvalue weighted by Gasteiger charge is 2.24. The summed E-state index contributed by atoms with van der Waals surface area (Å²) in [6, 6.07) is 20.4. The summed E-state index contributed by atoms with van der Waals surface area (Å²) in [6.45, 7) is 10.1. The molecule has 40 heteroatoms. The third-order valence-electron chi connectivity index (χ3n) is 13.5. The molecule has 19 N–H and O–H groups in total. The SMILES string of the molecule is CCOP(=O)(CCN)OCC.CCOP(=O)(CCNC(=O)c1ccc(N(C)Cc2cnc3nc(N)nc(N)c3n2)cc1)OCC.CN(Cc1cnc2nc(N)nc(N)c2n1)c1ccc(C(=O)NCCP(=O)(O)O)cc1.CN(Cc1cnc2nc(N)nc(N)c2n1)c1ccc(C(=O)O)cc1. The van der Waals surface area contributed by atoms with Gasteiger partial charge in [0.15, 0.2) is 50.9 Å². The average Bonchev–Trinajstić information content (AvgIpc) is 0.854. The maximum atomic E-state index is 12.5. The number of aromatic nitrogens is 12. The molecule has 6 heterocycles. The van der Waals surface area contributed by atoms with E-state index in [4.69, 9.17) is 73.1 Å². The van der Waals surface area contributed by atoms with Crippen LogP contribution in [0.4, 0.5) is 52.4 Å². The van der Waals surface area contributed by atoms with Crippen LogP contribution in [0.1, 0.15) is 75.9 Å². The van der Waals surface area contributed by atoms with Crippen LogP contribution >= 0.6 is 22.8 Å². The maximum absolute atomic E-state index is 12.5. The van der Waals surface area contributed by atoms with E-state index >= 15 is 0 Å². The van der Waals surface area contributed by atoms with Gasteiger partial charge in [-0.25, -0.2) is 34.7 Å². The molecule has 0 aliphatic rings. The smallest absolute Gasteiger partial charge is 0.335 e. The lowest BCUT2D eigenvalue weighted by Crippen LogP contribution is -2.27. The van der Waals surface area contributed by atoms with E-state index in [-0.39, 0.29) is 79.2 Å². The van der Waals surface area contributed by atoms with Crippen LogP contribution in [0.25, 0.3) is 33.5 Å². The monoisotopic (exact) mass is 1430 g/mol. The number of fused-ring (bicyclic) bond motifs is 3. The van der Waals surface area contributed by atoms with Crippen LogP contribution < -0.4 is 65.5 Å². The van der Waals surface area contributed by atoms with Crippen molar-refractivity contribution in [1.82, 2.24) is 70.4 Å². The van der Waals surface area contributed by atoms with Crippen molar-refractivity contribution in [1.29, 1.82) is 0 Å². The molecule has 9 aromatic rings. The minimum atomic E-state index is -4.14. The van der Waals surface area contributed by atoms with E-state index in [1.54, 1.807) is 107 Å². The molecule has 2 amide bonds. The quantitative estimate of drug-likeness (QED) is 0.0301. The summed E-state index contributed by atoms with van der Waals surface area (Å²) in [7, 11) is -4.58. The van der Waals surface area contributed by atoms with E-state index in [0.29, 0.717) is 107 Å². The van der Waals surface area contributed by atoms with Crippen LogP contribution in [-0.2, 0) is 51.4 Å². The number of carboxylic acid groups (broad SMARTS) is 1. The molecule has 0 atom stereocenters. The predicted molar refractivity (Wildman–Crippen MR) is 377 cm³/mol. The third kappa shape index (κ3) is 23.9. The van der Waals surface area contributed by atoms with Crippen molar-refractivity contribution in [3.05, 3.63) is 125 Å². The van der Waals surface area contributed by atoms with Gasteiger partial charge in [-0.05, 0) is 100 Å². The molecule has 37 nitrogen and oxygen atoms in total. The van der Waals surface area contributed by atoms with Gasteiger partial charge in [0, 0.05) is 69.0 Å². The number of carbonyl (C=O) groups is 3. The highest BCUT2D eigenvalue weighted by molar-refractivity contribution is 7.54. The number of amides is 2. The Morgan fingerprint density at radius 1 is 0.444 bits per heavy atom. The first-order valence-electron chi connectivity index (χ1n) is 30.4. The number of hydrogen-bond acceptors (Lipinski definition) is 32. The first-order chi connectivity index (χ1) is 47.0. The zero-order chi connectivity index (χ0) is 72.6. The van der Waals surface area contributed by atoms with Gasteiger partial charge in [-0.15, -0.1) is 0 Å². The van der Waals surface area contributed by atoms with E-state index in [1.807, 2.05) is 48.0 Å². The number of hydrogen-bond donors (Lipinski definition) is 12. The minimum absolute atomic E-state index is 0.0324. The average molecular weight is 1430 g/mol.